The van der Waals surface area contributed by atoms with E-state index < -0.39 is 10.0 Å². The molecule has 1 fully saturated rings. The SMILES string of the molecule is COCCCS(=O)(=O)N1CCC(N=C=O)CC1. The fourth-order valence-corrected chi connectivity index (χ4v) is 3.35. The number of aliphatic imine (C=N–C) groups is 1. The van der Waals surface area contributed by atoms with Crippen molar-refractivity contribution in [2.75, 3.05) is 32.6 Å². The van der Waals surface area contributed by atoms with E-state index in [9.17, 15) is 13.2 Å². The van der Waals surface area contributed by atoms with Crippen molar-refractivity contribution >= 4 is 16.1 Å². The van der Waals surface area contributed by atoms with Crippen LogP contribution in [0.15, 0.2) is 4.99 Å². The number of hydrogen-bond acceptors (Lipinski definition) is 5. The number of carbonyl (C=O) groups excluding carboxylic acids is 1. The van der Waals surface area contributed by atoms with Gasteiger partial charge in [0.1, 0.15) is 0 Å². The van der Waals surface area contributed by atoms with E-state index in [0.29, 0.717) is 39.0 Å². The molecule has 1 saturated heterocycles. The van der Waals surface area contributed by atoms with Crippen molar-refractivity contribution in [3.05, 3.63) is 0 Å². The summed E-state index contributed by atoms with van der Waals surface area (Å²) in [6, 6.07) is -0.0714. The van der Waals surface area contributed by atoms with Gasteiger partial charge in [0.25, 0.3) is 0 Å². The number of hydrogen-bond donors (Lipinski definition) is 0. The molecular weight excluding hydrogens is 244 g/mol. The van der Waals surface area contributed by atoms with Gasteiger partial charge in [-0.05, 0) is 19.3 Å². The Morgan fingerprint density at radius 1 is 1.41 bits per heavy atom. The van der Waals surface area contributed by atoms with Crippen molar-refractivity contribution in [1.82, 2.24) is 4.31 Å². The molecule has 0 N–H and O–H groups in total. The van der Waals surface area contributed by atoms with Crippen molar-refractivity contribution in [2.24, 2.45) is 4.99 Å². The van der Waals surface area contributed by atoms with Gasteiger partial charge in [-0.15, -0.1) is 0 Å². The molecule has 1 heterocycles. The summed E-state index contributed by atoms with van der Waals surface area (Å²) in [6.45, 7) is 1.32. The smallest absolute Gasteiger partial charge is 0.235 e. The van der Waals surface area contributed by atoms with Gasteiger partial charge in [-0.1, -0.05) is 0 Å². The summed E-state index contributed by atoms with van der Waals surface area (Å²) in [5.41, 5.74) is 0. The van der Waals surface area contributed by atoms with Crippen molar-refractivity contribution in [3.8, 4) is 0 Å². The zero-order chi connectivity index (χ0) is 12.7. The fourth-order valence-electron chi connectivity index (χ4n) is 1.84. The van der Waals surface area contributed by atoms with Crippen LogP contribution in [0.25, 0.3) is 0 Å². The van der Waals surface area contributed by atoms with Crippen molar-refractivity contribution in [1.29, 1.82) is 0 Å². The van der Waals surface area contributed by atoms with E-state index in [1.54, 1.807) is 7.11 Å². The van der Waals surface area contributed by atoms with Crippen molar-refractivity contribution in [3.63, 3.8) is 0 Å². The topological polar surface area (TPSA) is 76.0 Å². The third-order valence-corrected chi connectivity index (χ3v) is 4.76. The number of nitrogens with zero attached hydrogens (tertiary/aromatic N) is 2. The molecule has 1 rings (SSSR count). The lowest BCUT2D eigenvalue weighted by atomic mass is 10.1. The van der Waals surface area contributed by atoms with Crippen molar-refractivity contribution < 1.29 is 17.9 Å². The molecule has 0 aromatic rings. The van der Waals surface area contributed by atoms with Gasteiger partial charge in [0.2, 0.25) is 16.1 Å². The molecule has 0 aromatic carbocycles. The molecule has 0 bridgehead atoms. The first-order valence-corrected chi connectivity index (χ1v) is 7.25. The average Bonchev–Trinajstić information content (AvgIpc) is 2.30. The molecule has 0 radical (unpaired) electrons. The summed E-state index contributed by atoms with van der Waals surface area (Å²) >= 11 is 0. The van der Waals surface area contributed by atoms with Gasteiger partial charge in [-0.2, -0.15) is 0 Å². The monoisotopic (exact) mass is 262 g/mol. The van der Waals surface area contributed by atoms with Crippen LogP contribution < -0.4 is 0 Å². The van der Waals surface area contributed by atoms with Gasteiger partial charge in [0.05, 0.1) is 11.8 Å². The maximum atomic E-state index is 11.9. The Balaban J connectivity index is 2.44. The minimum absolute atomic E-state index is 0.0714. The lowest BCUT2D eigenvalue weighted by Gasteiger charge is -2.28. The van der Waals surface area contributed by atoms with Crippen molar-refractivity contribution in [2.45, 2.75) is 25.3 Å². The normalized spacial score (nSPS) is 18.9. The number of methoxy groups -OCH3 is 1. The van der Waals surface area contributed by atoms with Gasteiger partial charge in [0.15, 0.2) is 0 Å². The van der Waals surface area contributed by atoms with Crippen LogP contribution >= 0.6 is 0 Å². The Morgan fingerprint density at radius 2 is 2.06 bits per heavy atom. The average molecular weight is 262 g/mol. The van der Waals surface area contributed by atoms with E-state index in [2.05, 4.69) is 4.99 Å². The highest BCUT2D eigenvalue weighted by Gasteiger charge is 2.27. The van der Waals surface area contributed by atoms with E-state index >= 15 is 0 Å². The second kappa shape index (κ2) is 6.86. The van der Waals surface area contributed by atoms with E-state index in [1.807, 2.05) is 0 Å². The first-order chi connectivity index (χ1) is 8.10. The van der Waals surface area contributed by atoms with Crippen LogP contribution in [-0.2, 0) is 19.6 Å². The number of sulfonamides is 1. The highest BCUT2D eigenvalue weighted by Crippen LogP contribution is 2.16. The van der Waals surface area contributed by atoms with Gasteiger partial charge in [0, 0.05) is 26.8 Å². The van der Waals surface area contributed by atoms with Crippen LogP contribution in [0.1, 0.15) is 19.3 Å². The lowest BCUT2D eigenvalue weighted by Crippen LogP contribution is -2.40. The molecule has 7 heteroatoms. The number of piperidine rings is 1. The van der Waals surface area contributed by atoms with E-state index in [-0.39, 0.29) is 11.8 Å². The maximum Gasteiger partial charge on any atom is 0.235 e. The Morgan fingerprint density at radius 3 is 2.59 bits per heavy atom. The van der Waals surface area contributed by atoms with Gasteiger partial charge >= 0.3 is 0 Å². The first-order valence-electron chi connectivity index (χ1n) is 5.64. The highest BCUT2D eigenvalue weighted by molar-refractivity contribution is 7.89. The lowest BCUT2D eigenvalue weighted by molar-refractivity contribution is 0.199. The van der Waals surface area contributed by atoms with Crippen LogP contribution in [0.2, 0.25) is 0 Å². The maximum absolute atomic E-state index is 11.9. The summed E-state index contributed by atoms with van der Waals surface area (Å²) < 4.78 is 30.1. The van der Waals surface area contributed by atoms with Crippen LogP contribution in [-0.4, -0.2) is 57.4 Å². The second-order valence-corrected chi connectivity index (χ2v) is 6.10. The Bertz CT molecular complexity index is 368. The van der Waals surface area contributed by atoms with Gasteiger partial charge in [-0.3, -0.25) is 0 Å². The minimum Gasteiger partial charge on any atom is -0.385 e. The minimum atomic E-state index is -3.18. The number of ether oxygens (including phenoxy) is 1. The molecule has 0 aliphatic carbocycles. The van der Waals surface area contributed by atoms with Crippen LogP contribution in [0.5, 0.6) is 0 Å². The largest absolute Gasteiger partial charge is 0.385 e. The molecule has 0 saturated carbocycles. The van der Waals surface area contributed by atoms with Crippen LogP contribution in [0.4, 0.5) is 0 Å². The molecule has 0 atom stereocenters. The quantitative estimate of drug-likeness (QED) is 0.388. The third-order valence-electron chi connectivity index (χ3n) is 2.80. The first kappa shape index (κ1) is 14.3. The summed E-state index contributed by atoms with van der Waals surface area (Å²) in [5.74, 6) is 0.114. The molecule has 0 amide bonds. The zero-order valence-electron chi connectivity index (χ0n) is 9.96. The van der Waals surface area contributed by atoms with Gasteiger partial charge in [-0.25, -0.2) is 22.5 Å². The number of isocyanates is 1. The predicted molar refractivity (Wildman–Crippen MR) is 63.0 cm³/mol. The third kappa shape index (κ3) is 4.55. The molecule has 6 nitrogen and oxygen atoms in total. The molecule has 17 heavy (non-hydrogen) atoms. The van der Waals surface area contributed by atoms with E-state index in [1.165, 1.54) is 10.4 Å². The summed E-state index contributed by atoms with van der Waals surface area (Å²) in [6.07, 6.45) is 3.22. The predicted octanol–water partition coefficient (Wildman–Crippen LogP) is 0.153. The molecule has 98 valence electrons. The second-order valence-electron chi connectivity index (χ2n) is 4.01. The molecular formula is C10H18N2O4S. The summed E-state index contributed by atoms with van der Waals surface area (Å²) in [5, 5.41) is 0. The van der Waals surface area contributed by atoms with Crippen LogP contribution in [0.3, 0.4) is 0 Å². The fraction of sp³-hybridized carbons (Fsp3) is 0.900. The van der Waals surface area contributed by atoms with Crippen LogP contribution in [0, 0.1) is 0 Å². The summed E-state index contributed by atoms with van der Waals surface area (Å²) in [4.78, 5) is 13.7. The van der Waals surface area contributed by atoms with E-state index in [0.717, 1.165) is 0 Å². The zero-order valence-corrected chi connectivity index (χ0v) is 10.8. The molecule has 0 aromatic heterocycles. The van der Waals surface area contributed by atoms with E-state index in [4.69, 9.17) is 4.74 Å². The Labute approximate surface area is 102 Å². The molecule has 1 aliphatic rings. The van der Waals surface area contributed by atoms with Gasteiger partial charge < -0.3 is 4.74 Å². The summed E-state index contributed by atoms with van der Waals surface area (Å²) in [7, 11) is -1.63. The number of rotatable bonds is 6. The Kier molecular flexibility index (Phi) is 5.77. The molecule has 1 aliphatic heterocycles. The molecule has 0 unspecified atom stereocenters. The Hall–Kier alpha value is -0.750. The molecule has 0 spiro atoms. The highest BCUT2D eigenvalue weighted by atomic mass is 32.2. The standard InChI is InChI=1S/C10H18N2O4S/c1-16-7-2-8-17(14,15)12-5-3-10(4-6-12)11-9-13/h10H,2-8H2,1H3.